The average molecular weight is 418 g/mol. The molecule has 2 aromatic rings. The second-order valence-corrected chi connectivity index (χ2v) is 7.29. The van der Waals surface area contributed by atoms with Gasteiger partial charge in [0.15, 0.2) is 5.16 Å². The van der Waals surface area contributed by atoms with E-state index in [9.17, 15) is 4.79 Å². The maximum Gasteiger partial charge on any atom is 0.256 e. The zero-order valence-corrected chi connectivity index (χ0v) is 16.9. The largest absolute Gasteiger partial charge is 0.368 e. The molecule has 1 aliphatic heterocycles. The van der Waals surface area contributed by atoms with E-state index in [0.717, 1.165) is 23.1 Å². The summed E-state index contributed by atoms with van der Waals surface area (Å²) < 4.78 is 7.36. The number of nitrogens with zero attached hydrogens (tertiary/aromatic N) is 3. The second-order valence-electron chi connectivity index (χ2n) is 5.87. The summed E-state index contributed by atoms with van der Waals surface area (Å²) >= 11 is 7.78. The lowest BCUT2D eigenvalue weighted by Crippen LogP contribution is -2.51. The van der Waals surface area contributed by atoms with Crippen LogP contribution in [0.4, 0.5) is 5.69 Å². The van der Waals surface area contributed by atoms with E-state index < -0.39 is 5.60 Å². The van der Waals surface area contributed by atoms with Gasteiger partial charge in [-0.1, -0.05) is 11.6 Å². The lowest BCUT2D eigenvalue weighted by molar-refractivity contribution is -0.140. The summed E-state index contributed by atoms with van der Waals surface area (Å²) in [6.45, 7) is 1.52. The summed E-state index contributed by atoms with van der Waals surface area (Å²) in [5.74, 6) is -0.138. The number of ether oxygens (including phenoxy) is 1. The highest BCUT2D eigenvalue weighted by molar-refractivity contribution is 7.99. The first-order valence-corrected chi connectivity index (χ1v) is 9.12. The fraction of sp³-hybridized carbons (Fsp3) is 0.438. The Morgan fingerprint density at radius 1 is 1.42 bits per heavy atom. The highest BCUT2D eigenvalue weighted by Gasteiger charge is 2.39. The number of hydrogen-bond donors (Lipinski definition) is 2. The molecular weight excluding hydrogens is 397 g/mol. The van der Waals surface area contributed by atoms with Crippen LogP contribution in [0, 0.1) is 0 Å². The number of halogens is 2. The molecule has 142 valence electrons. The van der Waals surface area contributed by atoms with Crippen molar-refractivity contribution < 1.29 is 9.53 Å². The highest BCUT2D eigenvalue weighted by atomic mass is 35.5. The van der Waals surface area contributed by atoms with Gasteiger partial charge in [0, 0.05) is 24.7 Å². The molecular formula is C16H21Cl2N5O2S. The van der Waals surface area contributed by atoms with Crippen molar-refractivity contribution in [2.24, 2.45) is 7.05 Å². The Balaban J connectivity index is 0.00000243. The van der Waals surface area contributed by atoms with Crippen LogP contribution in [0.25, 0.3) is 0 Å². The minimum Gasteiger partial charge on any atom is -0.368 e. The van der Waals surface area contributed by atoms with Crippen molar-refractivity contribution >= 4 is 47.4 Å². The van der Waals surface area contributed by atoms with Crippen LogP contribution < -0.4 is 10.6 Å². The summed E-state index contributed by atoms with van der Waals surface area (Å²) in [7, 11) is 3.45. The number of carbonyl (C=O) groups excluding carboxylic acids is 1. The summed E-state index contributed by atoms with van der Waals surface area (Å²) in [4.78, 5) is 13.5. The van der Waals surface area contributed by atoms with Crippen molar-refractivity contribution in [3.63, 3.8) is 0 Å². The fourth-order valence-corrected chi connectivity index (χ4v) is 3.79. The number of rotatable bonds is 5. The van der Waals surface area contributed by atoms with E-state index in [1.165, 1.54) is 11.8 Å². The molecule has 1 fully saturated rings. The maximum atomic E-state index is 12.7. The van der Waals surface area contributed by atoms with Crippen molar-refractivity contribution in [3.8, 4) is 0 Å². The summed E-state index contributed by atoms with van der Waals surface area (Å²) in [6.07, 6.45) is 2.92. The van der Waals surface area contributed by atoms with E-state index >= 15 is 0 Å². The molecule has 0 saturated carbocycles. The predicted molar refractivity (Wildman–Crippen MR) is 104 cm³/mol. The number of carbonyl (C=O) groups is 1. The molecule has 3 rings (SSSR count). The van der Waals surface area contributed by atoms with Gasteiger partial charge in [0.2, 0.25) is 0 Å². The van der Waals surface area contributed by atoms with E-state index in [2.05, 4.69) is 20.8 Å². The van der Waals surface area contributed by atoms with Crippen molar-refractivity contribution in [1.82, 2.24) is 20.1 Å². The highest BCUT2D eigenvalue weighted by Crippen LogP contribution is 2.34. The lowest BCUT2D eigenvalue weighted by Gasteiger charge is -2.34. The van der Waals surface area contributed by atoms with E-state index in [4.69, 9.17) is 16.3 Å². The van der Waals surface area contributed by atoms with Crippen molar-refractivity contribution in [3.05, 3.63) is 29.5 Å². The Hall–Kier alpha value is -1.32. The van der Waals surface area contributed by atoms with Gasteiger partial charge in [-0.25, -0.2) is 0 Å². The number of anilines is 1. The Morgan fingerprint density at radius 2 is 2.15 bits per heavy atom. The van der Waals surface area contributed by atoms with Gasteiger partial charge >= 0.3 is 0 Å². The molecule has 0 radical (unpaired) electrons. The minimum absolute atomic E-state index is 0. The van der Waals surface area contributed by atoms with Crippen LogP contribution in [0.3, 0.4) is 0 Å². The number of aryl methyl sites for hydroxylation is 1. The van der Waals surface area contributed by atoms with Gasteiger partial charge in [-0.3, -0.25) is 4.79 Å². The van der Waals surface area contributed by atoms with Crippen LogP contribution in [-0.2, 0) is 16.6 Å². The number of nitrogens with one attached hydrogen (secondary N) is 2. The first kappa shape index (κ1) is 21.0. The van der Waals surface area contributed by atoms with Gasteiger partial charge in [-0.2, -0.15) is 0 Å². The van der Waals surface area contributed by atoms with E-state index in [0.29, 0.717) is 23.6 Å². The first-order chi connectivity index (χ1) is 12.0. The van der Waals surface area contributed by atoms with Crippen LogP contribution >= 0.6 is 35.8 Å². The average Bonchev–Trinajstić information content (AvgIpc) is 3.02. The van der Waals surface area contributed by atoms with Crippen LogP contribution in [-0.4, -0.2) is 46.5 Å². The Kier molecular flexibility index (Phi) is 7.31. The van der Waals surface area contributed by atoms with Gasteiger partial charge in [0.25, 0.3) is 5.91 Å². The molecule has 1 aromatic carbocycles. The third kappa shape index (κ3) is 4.50. The molecule has 1 aromatic heterocycles. The van der Waals surface area contributed by atoms with Crippen molar-refractivity contribution in [1.29, 1.82) is 0 Å². The van der Waals surface area contributed by atoms with Gasteiger partial charge in [0.1, 0.15) is 11.9 Å². The lowest BCUT2D eigenvalue weighted by atomic mass is 9.91. The normalized spacial score (nSPS) is 16.0. The number of amides is 1. The molecule has 1 saturated heterocycles. The first-order valence-electron chi connectivity index (χ1n) is 7.93. The van der Waals surface area contributed by atoms with Gasteiger partial charge < -0.3 is 19.9 Å². The smallest absolute Gasteiger partial charge is 0.256 e. The number of aromatic nitrogens is 3. The van der Waals surface area contributed by atoms with Crippen LogP contribution in [0.15, 0.2) is 34.6 Å². The third-order valence-electron chi connectivity index (χ3n) is 4.28. The van der Waals surface area contributed by atoms with Crippen LogP contribution in [0.1, 0.15) is 12.8 Å². The molecule has 2 heterocycles. The number of piperidine rings is 1. The number of benzene rings is 1. The van der Waals surface area contributed by atoms with Gasteiger partial charge in [0.05, 0.1) is 5.02 Å². The molecule has 0 aliphatic carbocycles. The maximum absolute atomic E-state index is 12.7. The van der Waals surface area contributed by atoms with E-state index in [1.807, 2.05) is 23.7 Å². The number of methoxy groups -OCH3 is 1. The molecule has 0 unspecified atom stereocenters. The molecule has 7 nitrogen and oxygen atoms in total. The Bertz CT molecular complexity index is 765. The fourth-order valence-electron chi connectivity index (χ4n) is 2.72. The molecule has 1 aliphatic rings. The summed E-state index contributed by atoms with van der Waals surface area (Å²) in [6, 6.07) is 5.43. The molecule has 2 N–H and O–H groups in total. The number of hydrogen-bond acceptors (Lipinski definition) is 6. The summed E-state index contributed by atoms with van der Waals surface area (Å²) in [5, 5.41) is 15.3. The molecule has 1 amide bonds. The third-order valence-corrected chi connectivity index (χ3v) is 5.83. The van der Waals surface area contributed by atoms with E-state index in [-0.39, 0.29) is 18.3 Å². The monoisotopic (exact) mass is 417 g/mol. The zero-order valence-electron chi connectivity index (χ0n) is 14.5. The topological polar surface area (TPSA) is 81.1 Å². The Labute approximate surface area is 167 Å². The summed E-state index contributed by atoms with van der Waals surface area (Å²) in [5.41, 5.74) is -0.142. The van der Waals surface area contributed by atoms with Gasteiger partial charge in [-0.15, -0.1) is 22.6 Å². The van der Waals surface area contributed by atoms with Gasteiger partial charge in [-0.05, 0) is 55.9 Å². The quantitative estimate of drug-likeness (QED) is 0.777. The van der Waals surface area contributed by atoms with Crippen molar-refractivity contribution in [2.75, 3.05) is 25.5 Å². The molecule has 26 heavy (non-hydrogen) atoms. The Morgan fingerprint density at radius 3 is 2.73 bits per heavy atom. The predicted octanol–water partition coefficient (Wildman–Crippen LogP) is 2.75. The molecule has 0 spiro atoms. The van der Waals surface area contributed by atoms with Crippen molar-refractivity contribution in [2.45, 2.75) is 28.5 Å². The molecule has 0 atom stereocenters. The SMILES string of the molecule is COC1(C(=O)Nc2ccc(Sc3nncn3C)c(Cl)c2)CCNCC1.Cl. The molecule has 0 bridgehead atoms. The minimum atomic E-state index is -0.788. The van der Waals surface area contributed by atoms with Crippen LogP contribution in [0.5, 0.6) is 0 Å². The molecule has 10 heteroatoms. The van der Waals surface area contributed by atoms with E-state index in [1.54, 1.807) is 19.5 Å². The van der Waals surface area contributed by atoms with Crippen LogP contribution in [0.2, 0.25) is 5.02 Å². The zero-order chi connectivity index (χ0) is 17.9. The standard InChI is InChI=1S/C16H20ClN5O2S.ClH/c1-22-10-19-21-15(22)25-13-4-3-11(9-12(13)17)20-14(23)16(24-2)5-7-18-8-6-16;/h3-4,9-10,18H,5-8H2,1-2H3,(H,20,23);1H. The second kappa shape index (κ2) is 9.05.